The first kappa shape index (κ1) is 22.6. The van der Waals surface area contributed by atoms with Crippen LogP contribution in [-0.2, 0) is 10.0 Å². The average Bonchev–Trinajstić information content (AvgIpc) is 2.79. The van der Waals surface area contributed by atoms with Gasteiger partial charge in [0.2, 0.25) is 0 Å². The molecule has 0 saturated carbocycles. The van der Waals surface area contributed by atoms with Crippen LogP contribution >= 0.6 is 0 Å². The first-order valence-electron chi connectivity index (χ1n) is 9.14. The third kappa shape index (κ3) is 5.13. The first-order chi connectivity index (χ1) is 15.2. The summed E-state index contributed by atoms with van der Waals surface area (Å²) >= 11 is 0. The molecule has 0 aliphatic heterocycles. The van der Waals surface area contributed by atoms with Crippen LogP contribution in [-0.4, -0.2) is 33.5 Å². The van der Waals surface area contributed by atoms with Gasteiger partial charge in [0.25, 0.3) is 21.6 Å². The zero-order chi connectivity index (χ0) is 23.3. The maximum absolute atomic E-state index is 12.9. The van der Waals surface area contributed by atoms with Crippen LogP contribution in [0.5, 0.6) is 11.5 Å². The summed E-state index contributed by atoms with van der Waals surface area (Å²) < 4.78 is 38.2. The predicted molar refractivity (Wildman–Crippen MR) is 118 cm³/mol. The maximum atomic E-state index is 12.9. The highest BCUT2D eigenvalue weighted by molar-refractivity contribution is 7.92. The fourth-order valence-electron chi connectivity index (χ4n) is 2.80. The number of sulfonamides is 1. The van der Waals surface area contributed by atoms with Crippen LogP contribution in [0, 0.1) is 10.1 Å². The smallest absolute Gasteiger partial charge is 0.271 e. The second-order valence-electron chi connectivity index (χ2n) is 6.46. The lowest BCUT2D eigenvalue weighted by Crippen LogP contribution is -2.16. The van der Waals surface area contributed by atoms with E-state index in [1.807, 2.05) is 0 Å². The average molecular weight is 457 g/mol. The van der Waals surface area contributed by atoms with Crippen molar-refractivity contribution in [2.75, 3.05) is 24.3 Å². The molecule has 3 aromatic carbocycles. The summed E-state index contributed by atoms with van der Waals surface area (Å²) in [7, 11) is -1.37. The van der Waals surface area contributed by atoms with E-state index < -0.39 is 20.9 Å². The topological polar surface area (TPSA) is 137 Å². The standard InChI is InChI=1S/C21H19N3O7S/c1-30-17-7-4-6-15(12-17)22-21(25)14-5-3-8-18(11-14)32(28,29)23-19-13-16(24(26)27)9-10-20(19)31-2/h3-13,23H,1-2H3,(H,22,25). The number of nitrogens with one attached hydrogen (secondary N) is 2. The van der Waals surface area contributed by atoms with Gasteiger partial charge in [-0.15, -0.1) is 0 Å². The highest BCUT2D eigenvalue weighted by Gasteiger charge is 2.20. The van der Waals surface area contributed by atoms with Gasteiger partial charge in [-0.1, -0.05) is 12.1 Å². The van der Waals surface area contributed by atoms with E-state index in [0.717, 1.165) is 6.07 Å². The molecule has 2 N–H and O–H groups in total. The van der Waals surface area contributed by atoms with Crippen molar-refractivity contribution in [3.8, 4) is 11.5 Å². The number of hydrogen-bond acceptors (Lipinski definition) is 7. The van der Waals surface area contributed by atoms with E-state index in [0.29, 0.717) is 11.4 Å². The SMILES string of the molecule is COc1cccc(NC(=O)c2cccc(S(=O)(=O)Nc3cc([N+](=O)[O-])ccc3OC)c2)c1. The van der Waals surface area contributed by atoms with E-state index in [9.17, 15) is 23.3 Å². The summed E-state index contributed by atoms with van der Waals surface area (Å²) in [6.07, 6.45) is 0. The number of benzene rings is 3. The van der Waals surface area contributed by atoms with Gasteiger partial charge in [-0.3, -0.25) is 19.6 Å². The second-order valence-corrected chi connectivity index (χ2v) is 8.14. The molecular formula is C21H19N3O7S. The Bertz CT molecular complexity index is 1280. The van der Waals surface area contributed by atoms with Crippen LogP contribution in [0.2, 0.25) is 0 Å². The Morgan fingerprint density at radius 3 is 2.41 bits per heavy atom. The quantitative estimate of drug-likeness (QED) is 0.389. The molecule has 0 aromatic heterocycles. The molecular weight excluding hydrogens is 438 g/mol. The first-order valence-corrected chi connectivity index (χ1v) is 10.6. The van der Waals surface area contributed by atoms with Crippen molar-refractivity contribution < 1.29 is 27.6 Å². The largest absolute Gasteiger partial charge is 0.497 e. The van der Waals surface area contributed by atoms with Crippen molar-refractivity contribution in [3.63, 3.8) is 0 Å². The number of carbonyl (C=O) groups is 1. The predicted octanol–water partition coefficient (Wildman–Crippen LogP) is 3.67. The van der Waals surface area contributed by atoms with Gasteiger partial charge in [0.15, 0.2) is 0 Å². The number of anilines is 2. The van der Waals surface area contributed by atoms with Crippen LogP contribution < -0.4 is 19.5 Å². The van der Waals surface area contributed by atoms with Crippen LogP contribution in [0.15, 0.2) is 71.6 Å². The molecule has 0 bridgehead atoms. The highest BCUT2D eigenvalue weighted by Crippen LogP contribution is 2.31. The van der Waals surface area contributed by atoms with Crippen molar-refractivity contribution >= 4 is 33.0 Å². The molecule has 166 valence electrons. The molecule has 11 heteroatoms. The summed E-state index contributed by atoms with van der Waals surface area (Å²) in [5.74, 6) is 0.128. The monoisotopic (exact) mass is 457 g/mol. The Labute approximate surface area is 184 Å². The van der Waals surface area contributed by atoms with Crippen molar-refractivity contribution in [3.05, 3.63) is 82.4 Å². The Hall–Kier alpha value is -4.12. The van der Waals surface area contributed by atoms with Gasteiger partial charge in [-0.05, 0) is 36.4 Å². The molecule has 10 nitrogen and oxygen atoms in total. The molecule has 0 heterocycles. The number of nitro benzene ring substituents is 1. The molecule has 0 aliphatic carbocycles. The van der Waals surface area contributed by atoms with Gasteiger partial charge in [0.05, 0.1) is 29.7 Å². The molecule has 0 unspecified atom stereocenters. The molecule has 0 saturated heterocycles. The maximum Gasteiger partial charge on any atom is 0.271 e. The van der Waals surface area contributed by atoms with Crippen LogP contribution in [0.25, 0.3) is 0 Å². The summed E-state index contributed by atoms with van der Waals surface area (Å²) in [5, 5.41) is 13.7. The number of methoxy groups -OCH3 is 2. The van der Waals surface area contributed by atoms with Crippen LogP contribution in [0.3, 0.4) is 0 Å². The van der Waals surface area contributed by atoms with E-state index in [1.165, 1.54) is 50.6 Å². The van der Waals surface area contributed by atoms with Crippen LogP contribution in [0.1, 0.15) is 10.4 Å². The fraction of sp³-hybridized carbons (Fsp3) is 0.0952. The minimum absolute atomic E-state index is 0.0988. The lowest BCUT2D eigenvalue weighted by atomic mass is 10.2. The zero-order valence-electron chi connectivity index (χ0n) is 17.1. The molecule has 3 rings (SSSR count). The highest BCUT2D eigenvalue weighted by atomic mass is 32.2. The number of carbonyl (C=O) groups excluding carboxylic acids is 1. The summed E-state index contributed by atoms with van der Waals surface area (Å²) in [6.45, 7) is 0. The van der Waals surface area contributed by atoms with E-state index in [1.54, 1.807) is 24.3 Å². The minimum Gasteiger partial charge on any atom is -0.497 e. The molecule has 0 atom stereocenters. The van der Waals surface area contributed by atoms with Gasteiger partial charge in [-0.2, -0.15) is 0 Å². The Balaban J connectivity index is 1.87. The van der Waals surface area contributed by atoms with Crippen molar-refractivity contribution in [2.45, 2.75) is 4.90 Å². The van der Waals surface area contributed by atoms with Gasteiger partial charge in [-0.25, -0.2) is 8.42 Å². The normalized spacial score (nSPS) is 10.8. The van der Waals surface area contributed by atoms with E-state index in [2.05, 4.69) is 10.0 Å². The molecule has 0 spiro atoms. The molecule has 0 fully saturated rings. The molecule has 1 amide bonds. The summed E-state index contributed by atoms with van der Waals surface area (Å²) in [4.78, 5) is 22.8. The Kier molecular flexibility index (Phi) is 6.59. The number of hydrogen-bond donors (Lipinski definition) is 2. The van der Waals surface area contributed by atoms with Crippen molar-refractivity contribution in [2.24, 2.45) is 0 Å². The Morgan fingerprint density at radius 2 is 1.72 bits per heavy atom. The fourth-order valence-corrected chi connectivity index (χ4v) is 3.91. The van der Waals surface area contributed by atoms with Gasteiger partial charge in [0.1, 0.15) is 11.5 Å². The Morgan fingerprint density at radius 1 is 0.969 bits per heavy atom. The third-order valence-electron chi connectivity index (χ3n) is 4.37. The lowest BCUT2D eigenvalue weighted by Gasteiger charge is -2.12. The van der Waals surface area contributed by atoms with E-state index in [4.69, 9.17) is 9.47 Å². The molecule has 32 heavy (non-hydrogen) atoms. The summed E-state index contributed by atoms with van der Waals surface area (Å²) in [5.41, 5.74) is 0.159. The van der Waals surface area contributed by atoms with Gasteiger partial charge < -0.3 is 14.8 Å². The zero-order valence-corrected chi connectivity index (χ0v) is 17.9. The third-order valence-corrected chi connectivity index (χ3v) is 5.74. The van der Waals surface area contributed by atoms with E-state index >= 15 is 0 Å². The van der Waals surface area contributed by atoms with Gasteiger partial charge in [0, 0.05) is 29.4 Å². The number of amides is 1. The number of non-ortho nitro benzene ring substituents is 1. The number of nitrogens with zero attached hydrogens (tertiary/aromatic N) is 1. The number of rotatable bonds is 8. The molecule has 0 radical (unpaired) electrons. The minimum atomic E-state index is -4.18. The van der Waals surface area contributed by atoms with Gasteiger partial charge >= 0.3 is 0 Å². The summed E-state index contributed by atoms with van der Waals surface area (Å²) in [6, 6.07) is 15.6. The number of nitro groups is 1. The van der Waals surface area contributed by atoms with Crippen molar-refractivity contribution in [1.82, 2.24) is 0 Å². The lowest BCUT2D eigenvalue weighted by molar-refractivity contribution is -0.384. The molecule has 0 aliphatic rings. The van der Waals surface area contributed by atoms with E-state index in [-0.39, 0.29) is 27.6 Å². The molecule has 3 aromatic rings. The van der Waals surface area contributed by atoms with Crippen molar-refractivity contribution in [1.29, 1.82) is 0 Å². The second kappa shape index (κ2) is 9.35. The van der Waals surface area contributed by atoms with Crippen LogP contribution in [0.4, 0.5) is 17.1 Å². The number of ether oxygens (including phenoxy) is 2.